The molecule has 3 rings (SSSR count). The van der Waals surface area contributed by atoms with Gasteiger partial charge < -0.3 is 0 Å². The van der Waals surface area contributed by atoms with Crippen LogP contribution in [0.4, 0.5) is 4.39 Å². The summed E-state index contributed by atoms with van der Waals surface area (Å²) in [5.41, 5.74) is 0.868. The number of fused-ring (bicyclic) bond motifs is 1. The van der Waals surface area contributed by atoms with E-state index in [1.54, 1.807) is 12.1 Å². The zero-order valence-corrected chi connectivity index (χ0v) is 10.2. The lowest BCUT2D eigenvalue weighted by Crippen LogP contribution is -1.99. The molecule has 2 aromatic carbocycles. The largest absolute Gasteiger partial charge is 0.289 e. The SMILES string of the molecule is O=c1cc(-c2ccccc2)sc2ccc(F)cc12. The Balaban J connectivity index is 2.29. The van der Waals surface area contributed by atoms with E-state index in [-0.39, 0.29) is 11.2 Å². The molecule has 0 saturated carbocycles. The molecule has 0 aliphatic carbocycles. The van der Waals surface area contributed by atoms with Crippen molar-refractivity contribution in [2.24, 2.45) is 0 Å². The topological polar surface area (TPSA) is 17.1 Å². The van der Waals surface area contributed by atoms with Gasteiger partial charge in [0.25, 0.3) is 0 Å². The monoisotopic (exact) mass is 256 g/mol. The third kappa shape index (κ3) is 1.93. The van der Waals surface area contributed by atoms with Crippen LogP contribution in [0.25, 0.3) is 20.5 Å². The minimum absolute atomic E-state index is 0.137. The Morgan fingerprint density at radius 3 is 2.50 bits per heavy atom. The average molecular weight is 256 g/mol. The van der Waals surface area contributed by atoms with E-state index in [2.05, 4.69) is 0 Å². The molecule has 0 radical (unpaired) electrons. The van der Waals surface area contributed by atoms with Gasteiger partial charge in [-0.15, -0.1) is 11.3 Å². The molecular weight excluding hydrogens is 247 g/mol. The molecule has 0 saturated heterocycles. The fourth-order valence-corrected chi connectivity index (χ4v) is 2.94. The molecule has 0 unspecified atom stereocenters. The van der Waals surface area contributed by atoms with Crippen molar-refractivity contribution in [1.29, 1.82) is 0 Å². The summed E-state index contributed by atoms with van der Waals surface area (Å²) in [4.78, 5) is 12.9. The van der Waals surface area contributed by atoms with Gasteiger partial charge in [0, 0.05) is 21.0 Å². The van der Waals surface area contributed by atoms with E-state index in [4.69, 9.17) is 0 Å². The van der Waals surface area contributed by atoms with Crippen molar-refractivity contribution in [2.45, 2.75) is 0 Å². The van der Waals surface area contributed by atoms with E-state index < -0.39 is 0 Å². The van der Waals surface area contributed by atoms with Crippen molar-refractivity contribution in [3.8, 4) is 10.4 Å². The summed E-state index contributed by atoms with van der Waals surface area (Å²) in [6.45, 7) is 0. The van der Waals surface area contributed by atoms with Gasteiger partial charge in [-0.25, -0.2) is 4.39 Å². The molecule has 1 nitrogen and oxygen atoms in total. The molecule has 0 spiro atoms. The van der Waals surface area contributed by atoms with Gasteiger partial charge >= 0.3 is 0 Å². The molecule has 0 N–H and O–H groups in total. The van der Waals surface area contributed by atoms with E-state index in [0.717, 1.165) is 15.1 Å². The Morgan fingerprint density at radius 2 is 1.72 bits per heavy atom. The summed E-state index contributed by atoms with van der Waals surface area (Å²) in [6, 6.07) is 15.6. The van der Waals surface area contributed by atoms with Gasteiger partial charge in [0.05, 0.1) is 0 Å². The number of halogens is 1. The fraction of sp³-hybridized carbons (Fsp3) is 0. The summed E-state index contributed by atoms with van der Waals surface area (Å²) in [5.74, 6) is -0.376. The summed E-state index contributed by atoms with van der Waals surface area (Å²) in [5, 5.41) is 0.444. The highest BCUT2D eigenvalue weighted by Crippen LogP contribution is 2.27. The third-order valence-electron chi connectivity index (χ3n) is 2.75. The maximum absolute atomic E-state index is 13.1. The molecule has 18 heavy (non-hydrogen) atoms. The number of hydrogen-bond acceptors (Lipinski definition) is 2. The van der Waals surface area contributed by atoms with Crippen LogP contribution in [0, 0.1) is 5.82 Å². The molecule has 88 valence electrons. The number of benzene rings is 2. The van der Waals surface area contributed by atoms with Crippen LogP contribution in [0.15, 0.2) is 59.4 Å². The van der Waals surface area contributed by atoms with Gasteiger partial charge in [-0.3, -0.25) is 4.79 Å². The van der Waals surface area contributed by atoms with E-state index in [0.29, 0.717) is 5.39 Å². The van der Waals surface area contributed by atoms with Crippen molar-refractivity contribution in [3.05, 3.63) is 70.6 Å². The highest BCUT2D eigenvalue weighted by molar-refractivity contribution is 7.21. The first-order valence-electron chi connectivity index (χ1n) is 5.53. The van der Waals surface area contributed by atoms with E-state index in [1.807, 2.05) is 30.3 Å². The zero-order chi connectivity index (χ0) is 12.5. The second kappa shape index (κ2) is 4.35. The van der Waals surface area contributed by atoms with Crippen molar-refractivity contribution < 1.29 is 4.39 Å². The molecule has 3 heteroatoms. The zero-order valence-electron chi connectivity index (χ0n) is 9.39. The maximum atomic E-state index is 13.1. The van der Waals surface area contributed by atoms with E-state index in [1.165, 1.54) is 23.5 Å². The normalized spacial score (nSPS) is 10.7. The molecular formula is C15H9FOS. The summed E-state index contributed by atoms with van der Waals surface area (Å²) in [7, 11) is 0. The van der Waals surface area contributed by atoms with Crippen LogP contribution in [-0.4, -0.2) is 0 Å². The van der Waals surface area contributed by atoms with Crippen LogP contribution < -0.4 is 5.43 Å². The van der Waals surface area contributed by atoms with Gasteiger partial charge in [-0.05, 0) is 23.8 Å². The van der Waals surface area contributed by atoms with Gasteiger partial charge in [0.2, 0.25) is 0 Å². The van der Waals surface area contributed by atoms with Gasteiger partial charge in [-0.1, -0.05) is 30.3 Å². The lowest BCUT2D eigenvalue weighted by Gasteiger charge is -2.02. The first-order valence-corrected chi connectivity index (χ1v) is 6.34. The summed E-state index contributed by atoms with van der Waals surface area (Å²) < 4.78 is 13.9. The number of hydrogen-bond donors (Lipinski definition) is 0. The Labute approximate surface area is 107 Å². The van der Waals surface area contributed by atoms with E-state index in [9.17, 15) is 9.18 Å². The van der Waals surface area contributed by atoms with Crippen molar-refractivity contribution >= 4 is 21.4 Å². The standard InChI is InChI=1S/C15H9FOS/c16-11-6-7-14-12(8-11)13(17)9-15(18-14)10-4-2-1-3-5-10/h1-9H. The molecule has 1 heterocycles. The van der Waals surface area contributed by atoms with Gasteiger partial charge in [-0.2, -0.15) is 0 Å². The lowest BCUT2D eigenvalue weighted by atomic mass is 10.2. The minimum Gasteiger partial charge on any atom is -0.289 e. The molecule has 0 aliphatic rings. The summed E-state index contributed by atoms with van der Waals surface area (Å²) in [6.07, 6.45) is 0. The molecule has 0 atom stereocenters. The smallest absolute Gasteiger partial charge is 0.188 e. The quantitative estimate of drug-likeness (QED) is 0.641. The summed E-state index contributed by atoms with van der Waals surface area (Å²) >= 11 is 1.50. The fourth-order valence-electron chi connectivity index (χ4n) is 1.87. The van der Waals surface area contributed by atoms with Crippen LogP contribution in [0.5, 0.6) is 0 Å². The van der Waals surface area contributed by atoms with Crippen molar-refractivity contribution in [1.82, 2.24) is 0 Å². The predicted molar refractivity (Wildman–Crippen MR) is 73.5 cm³/mol. The van der Waals surface area contributed by atoms with Crippen LogP contribution >= 0.6 is 11.3 Å². The first-order chi connectivity index (χ1) is 8.74. The van der Waals surface area contributed by atoms with E-state index >= 15 is 0 Å². The van der Waals surface area contributed by atoms with Crippen LogP contribution in [0.1, 0.15) is 0 Å². The molecule has 0 fully saturated rings. The predicted octanol–water partition coefficient (Wildman–Crippen LogP) is 4.07. The minimum atomic E-state index is -0.376. The van der Waals surface area contributed by atoms with Crippen molar-refractivity contribution in [2.75, 3.05) is 0 Å². The third-order valence-corrected chi connectivity index (χ3v) is 3.90. The first kappa shape index (κ1) is 11.1. The molecule has 0 aliphatic heterocycles. The molecule has 3 aromatic rings. The van der Waals surface area contributed by atoms with Crippen LogP contribution in [0.3, 0.4) is 0 Å². The highest BCUT2D eigenvalue weighted by Gasteiger charge is 2.05. The Bertz CT molecular complexity index is 762. The highest BCUT2D eigenvalue weighted by atomic mass is 32.1. The Morgan fingerprint density at radius 1 is 0.944 bits per heavy atom. The average Bonchev–Trinajstić information content (AvgIpc) is 2.40. The second-order valence-corrected chi connectivity index (χ2v) is 5.07. The molecule has 0 amide bonds. The van der Waals surface area contributed by atoms with Crippen molar-refractivity contribution in [3.63, 3.8) is 0 Å². The van der Waals surface area contributed by atoms with Crippen LogP contribution in [-0.2, 0) is 0 Å². The van der Waals surface area contributed by atoms with Gasteiger partial charge in [0.1, 0.15) is 5.82 Å². The Hall–Kier alpha value is -2.00. The molecule has 0 bridgehead atoms. The second-order valence-electron chi connectivity index (χ2n) is 3.98. The van der Waals surface area contributed by atoms with Gasteiger partial charge in [0.15, 0.2) is 5.43 Å². The Kier molecular flexibility index (Phi) is 2.68. The number of rotatable bonds is 1. The molecule has 1 aromatic heterocycles. The maximum Gasteiger partial charge on any atom is 0.188 e. The van der Waals surface area contributed by atoms with Crippen LogP contribution in [0.2, 0.25) is 0 Å². The lowest BCUT2D eigenvalue weighted by molar-refractivity contribution is 0.630.